The van der Waals surface area contributed by atoms with Crippen molar-refractivity contribution in [2.75, 3.05) is 42.9 Å². The van der Waals surface area contributed by atoms with E-state index in [9.17, 15) is 4.79 Å². The van der Waals surface area contributed by atoms with E-state index in [1.54, 1.807) is 6.07 Å². The number of aryl methyl sites for hydroxylation is 1. The van der Waals surface area contributed by atoms with Gasteiger partial charge in [-0.3, -0.25) is 4.79 Å². The smallest absolute Gasteiger partial charge is 0.276 e. The minimum Gasteiger partial charge on any atom is -0.353 e. The van der Waals surface area contributed by atoms with Gasteiger partial charge in [-0.25, -0.2) is 0 Å². The van der Waals surface area contributed by atoms with Gasteiger partial charge in [0.05, 0.1) is 0 Å². The molecule has 0 unspecified atom stereocenters. The molecule has 1 amide bonds. The summed E-state index contributed by atoms with van der Waals surface area (Å²) in [4.78, 5) is 17.0. The van der Waals surface area contributed by atoms with Crippen LogP contribution in [-0.4, -0.2) is 53.7 Å². The van der Waals surface area contributed by atoms with Crippen molar-refractivity contribution in [2.24, 2.45) is 0 Å². The number of anilines is 2. The Morgan fingerprint density at radius 2 is 1.84 bits per heavy atom. The number of likely N-dealkylation sites (N-methyl/N-ethyl adjacent to an activating group) is 1. The molecule has 25 heavy (non-hydrogen) atoms. The van der Waals surface area contributed by atoms with E-state index in [1.165, 1.54) is 0 Å². The summed E-state index contributed by atoms with van der Waals surface area (Å²) in [6.07, 6.45) is 0. The zero-order chi connectivity index (χ0) is 17.8. The molecule has 2 aromatic rings. The number of nitrogens with zero attached hydrogens (tertiary/aromatic N) is 4. The molecule has 6 nitrogen and oxygen atoms in total. The minimum absolute atomic E-state index is 0.233. The number of rotatable bonds is 4. The zero-order valence-electron chi connectivity index (χ0n) is 15.1. The standard InChI is InChI=1S/C19H25N5O/c1-4-23-10-12-24(13-11-23)18-9-8-17(21-22-18)19(25)20-16-7-5-6-14(2)15(16)3/h5-9H,4,10-13H2,1-3H3,(H,20,25). The molecule has 1 aliphatic heterocycles. The van der Waals surface area contributed by atoms with Crippen molar-refractivity contribution in [2.45, 2.75) is 20.8 Å². The fourth-order valence-corrected chi connectivity index (χ4v) is 2.98. The van der Waals surface area contributed by atoms with Gasteiger partial charge in [0.25, 0.3) is 5.91 Å². The fraction of sp³-hybridized carbons (Fsp3) is 0.421. The third kappa shape index (κ3) is 3.96. The van der Waals surface area contributed by atoms with Gasteiger partial charge in [-0.15, -0.1) is 10.2 Å². The second-order valence-electron chi connectivity index (χ2n) is 6.40. The Hall–Kier alpha value is -2.47. The van der Waals surface area contributed by atoms with Crippen molar-refractivity contribution in [3.05, 3.63) is 47.2 Å². The normalized spacial score (nSPS) is 15.2. The number of benzene rings is 1. The molecule has 0 bridgehead atoms. The molecule has 2 heterocycles. The lowest BCUT2D eigenvalue weighted by Gasteiger charge is -2.34. The molecule has 0 aliphatic carbocycles. The van der Waals surface area contributed by atoms with Crippen molar-refractivity contribution in [1.82, 2.24) is 15.1 Å². The lowest BCUT2D eigenvalue weighted by molar-refractivity contribution is 0.102. The van der Waals surface area contributed by atoms with Crippen LogP contribution < -0.4 is 10.2 Å². The number of carbonyl (C=O) groups excluding carboxylic acids is 1. The van der Waals surface area contributed by atoms with Crippen molar-refractivity contribution >= 4 is 17.4 Å². The largest absolute Gasteiger partial charge is 0.353 e. The Labute approximate surface area is 148 Å². The molecule has 0 saturated carbocycles. The van der Waals surface area contributed by atoms with Gasteiger partial charge in [0.2, 0.25) is 0 Å². The molecule has 1 aromatic carbocycles. The first-order chi connectivity index (χ1) is 12.1. The summed E-state index contributed by atoms with van der Waals surface area (Å²) < 4.78 is 0. The average molecular weight is 339 g/mol. The van der Waals surface area contributed by atoms with Crippen LogP contribution >= 0.6 is 0 Å². The molecule has 1 aromatic heterocycles. The van der Waals surface area contributed by atoms with Gasteiger partial charge >= 0.3 is 0 Å². The predicted molar refractivity (Wildman–Crippen MR) is 100 cm³/mol. The topological polar surface area (TPSA) is 61.4 Å². The number of piperazine rings is 1. The van der Waals surface area contributed by atoms with Crippen LogP contribution in [-0.2, 0) is 0 Å². The minimum atomic E-state index is -0.233. The highest BCUT2D eigenvalue weighted by atomic mass is 16.1. The molecule has 3 rings (SSSR count). The van der Waals surface area contributed by atoms with E-state index < -0.39 is 0 Å². The van der Waals surface area contributed by atoms with E-state index in [0.29, 0.717) is 5.69 Å². The summed E-state index contributed by atoms with van der Waals surface area (Å²) in [6.45, 7) is 11.2. The van der Waals surface area contributed by atoms with Crippen molar-refractivity contribution in [3.63, 3.8) is 0 Å². The maximum Gasteiger partial charge on any atom is 0.276 e. The van der Waals surface area contributed by atoms with Crippen LogP contribution in [0.2, 0.25) is 0 Å². The zero-order valence-corrected chi connectivity index (χ0v) is 15.1. The monoisotopic (exact) mass is 339 g/mol. The third-order valence-corrected chi connectivity index (χ3v) is 4.88. The number of hydrogen-bond acceptors (Lipinski definition) is 5. The Morgan fingerprint density at radius 1 is 1.08 bits per heavy atom. The van der Waals surface area contributed by atoms with Crippen molar-refractivity contribution in [3.8, 4) is 0 Å². The number of hydrogen-bond donors (Lipinski definition) is 1. The summed E-state index contributed by atoms with van der Waals surface area (Å²) in [5.74, 6) is 0.600. The van der Waals surface area contributed by atoms with E-state index in [4.69, 9.17) is 0 Å². The number of carbonyl (C=O) groups is 1. The summed E-state index contributed by atoms with van der Waals surface area (Å²) >= 11 is 0. The third-order valence-electron chi connectivity index (χ3n) is 4.88. The van der Waals surface area contributed by atoms with E-state index in [1.807, 2.05) is 38.1 Å². The van der Waals surface area contributed by atoms with Gasteiger partial charge < -0.3 is 15.1 Å². The molecular formula is C19H25N5O. The van der Waals surface area contributed by atoms with E-state index in [-0.39, 0.29) is 5.91 Å². The molecule has 132 valence electrons. The Kier molecular flexibility index (Phi) is 5.28. The van der Waals surface area contributed by atoms with Crippen LogP contribution in [0.1, 0.15) is 28.5 Å². The van der Waals surface area contributed by atoms with Crippen molar-refractivity contribution < 1.29 is 4.79 Å². The maximum atomic E-state index is 12.4. The number of nitrogens with one attached hydrogen (secondary N) is 1. The first-order valence-corrected chi connectivity index (χ1v) is 8.77. The summed E-state index contributed by atoms with van der Waals surface area (Å²) in [5, 5.41) is 11.3. The highest BCUT2D eigenvalue weighted by Crippen LogP contribution is 2.19. The fourth-order valence-electron chi connectivity index (χ4n) is 2.98. The molecular weight excluding hydrogens is 314 g/mol. The lowest BCUT2D eigenvalue weighted by atomic mass is 10.1. The average Bonchev–Trinajstić information content (AvgIpc) is 2.65. The quantitative estimate of drug-likeness (QED) is 0.927. The van der Waals surface area contributed by atoms with E-state index in [0.717, 1.165) is 55.4 Å². The first-order valence-electron chi connectivity index (χ1n) is 8.77. The highest BCUT2D eigenvalue weighted by Gasteiger charge is 2.18. The van der Waals surface area contributed by atoms with Gasteiger partial charge in [-0.05, 0) is 49.7 Å². The number of amides is 1. The van der Waals surface area contributed by atoms with Gasteiger partial charge in [0.1, 0.15) is 0 Å². The van der Waals surface area contributed by atoms with Crippen LogP contribution in [0.15, 0.2) is 30.3 Å². The maximum absolute atomic E-state index is 12.4. The molecule has 0 radical (unpaired) electrons. The first kappa shape index (κ1) is 17.4. The Balaban J connectivity index is 1.66. The van der Waals surface area contributed by atoms with E-state index in [2.05, 4.69) is 32.2 Å². The van der Waals surface area contributed by atoms with E-state index >= 15 is 0 Å². The number of aromatic nitrogens is 2. The highest BCUT2D eigenvalue weighted by molar-refractivity contribution is 6.03. The molecule has 1 aliphatic rings. The molecule has 1 N–H and O–H groups in total. The molecule has 0 spiro atoms. The summed E-state index contributed by atoms with van der Waals surface area (Å²) in [7, 11) is 0. The van der Waals surface area contributed by atoms with Gasteiger partial charge in [0.15, 0.2) is 11.5 Å². The molecule has 0 atom stereocenters. The second-order valence-corrected chi connectivity index (χ2v) is 6.40. The van der Waals surface area contributed by atoms with Crippen molar-refractivity contribution in [1.29, 1.82) is 0 Å². The van der Waals surface area contributed by atoms with Crippen LogP contribution in [0.4, 0.5) is 11.5 Å². The van der Waals surface area contributed by atoms with Crippen LogP contribution in [0.25, 0.3) is 0 Å². The van der Waals surface area contributed by atoms with Gasteiger partial charge in [0, 0.05) is 31.9 Å². The second kappa shape index (κ2) is 7.61. The van der Waals surface area contributed by atoms with Gasteiger partial charge in [-0.1, -0.05) is 19.1 Å². The molecule has 6 heteroatoms. The SMILES string of the molecule is CCN1CCN(c2ccc(C(=O)Nc3cccc(C)c3C)nn2)CC1. The molecule has 1 fully saturated rings. The molecule has 1 saturated heterocycles. The lowest BCUT2D eigenvalue weighted by Crippen LogP contribution is -2.46. The van der Waals surface area contributed by atoms with Crippen LogP contribution in [0, 0.1) is 13.8 Å². The Bertz CT molecular complexity index is 736. The van der Waals surface area contributed by atoms with Gasteiger partial charge in [-0.2, -0.15) is 0 Å². The summed E-state index contributed by atoms with van der Waals surface area (Å²) in [5.41, 5.74) is 3.35. The Morgan fingerprint density at radius 3 is 2.48 bits per heavy atom. The van der Waals surface area contributed by atoms with Crippen LogP contribution in [0.3, 0.4) is 0 Å². The van der Waals surface area contributed by atoms with Crippen LogP contribution in [0.5, 0.6) is 0 Å². The predicted octanol–water partition coefficient (Wildman–Crippen LogP) is 2.49. The summed E-state index contributed by atoms with van der Waals surface area (Å²) in [6, 6.07) is 9.48.